The largest absolute Gasteiger partial charge is 0.392 e. The summed E-state index contributed by atoms with van der Waals surface area (Å²) < 4.78 is 4.73. The minimum Gasteiger partial charge on any atom is -0.392 e. The Hall–Kier alpha value is -2.79. The highest BCUT2D eigenvalue weighted by Crippen LogP contribution is 2.04. The molecule has 0 spiro atoms. The van der Waals surface area contributed by atoms with Crippen molar-refractivity contribution in [2.45, 2.75) is 90.5 Å². The van der Waals surface area contributed by atoms with Crippen molar-refractivity contribution in [2.75, 3.05) is 0 Å². The normalized spacial score (nSPS) is 13.4. The molecule has 0 heterocycles. The Morgan fingerprint density at radius 3 is 1.56 bits per heavy atom. The fourth-order valence-corrected chi connectivity index (χ4v) is 2.77. The zero-order valence-electron chi connectivity index (χ0n) is 21.0. The summed E-state index contributed by atoms with van der Waals surface area (Å²) in [5, 5.41) is 0. The maximum atomic E-state index is 11.8. The van der Waals surface area contributed by atoms with E-state index in [0.717, 1.165) is 38.5 Å². The van der Waals surface area contributed by atoms with Crippen LogP contribution < -0.4 is 5.73 Å². The van der Waals surface area contributed by atoms with Gasteiger partial charge < -0.3 is 10.5 Å². The highest BCUT2D eigenvalue weighted by atomic mass is 16.6. The van der Waals surface area contributed by atoms with Crippen LogP contribution in [0.25, 0.3) is 0 Å². The number of ketones is 1. The van der Waals surface area contributed by atoms with Crippen LogP contribution in [0.1, 0.15) is 84.5 Å². The SMILES string of the molecule is CC/C=C\C/C=C\C/C=C\C/C=C\C/C=C\C/C=C\CC(=O)OC(=O)C(N)CCC(=O)CCC. The number of hydrogen-bond donors (Lipinski definition) is 1. The van der Waals surface area contributed by atoms with Crippen LogP contribution in [0.5, 0.6) is 0 Å². The van der Waals surface area contributed by atoms with Gasteiger partial charge in [0, 0.05) is 12.8 Å². The lowest BCUT2D eigenvalue weighted by Crippen LogP contribution is -2.34. The van der Waals surface area contributed by atoms with Crippen LogP contribution in [0, 0.1) is 0 Å². The van der Waals surface area contributed by atoms with Gasteiger partial charge >= 0.3 is 11.9 Å². The number of hydrogen-bond acceptors (Lipinski definition) is 5. The van der Waals surface area contributed by atoms with Crippen LogP contribution in [0.15, 0.2) is 72.9 Å². The van der Waals surface area contributed by atoms with E-state index in [1.807, 2.05) is 19.1 Å². The summed E-state index contributed by atoms with van der Waals surface area (Å²) in [7, 11) is 0. The first-order chi connectivity index (χ1) is 16.5. The number of allylic oxidation sites excluding steroid dienone is 11. The molecule has 1 unspecified atom stereocenters. The van der Waals surface area contributed by atoms with Crippen LogP contribution in [0.3, 0.4) is 0 Å². The number of rotatable bonds is 19. The third-order valence-electron chi connectivity index (χ3n) is 4.66. The fraction of sp³-hybridized carbons (Fsp3) is 0.483. The van der Waals surface area contributed by atoms with Crippen molar-refractivity contribution in [3.8, 4) is 0 Å². The molecule has 2 N–H and O–H groups in total. The van der Waals surface area contributed by atoms with Crippen LogP contribution in [-0.4, -0.2) is 23.8 Å². The maximum Gasteiger partial charge on any atom is 0.330 e. The van der Waals surface area contributed by atoms with E-state index in [0.29, 0.717) is 12.8 Å². The number of ether oxygens (including phenoxy) is 1. The smallest absolute Gasteiger partial charge is 0.330 e. The minimum atomic E-state index is -0.949. The lowest BCUT2D eigenvalue weighted by molar-refractivity contribution is -0.160. The zero-order chi connectivity index (χ0) is 25.3. The van der Waals surface area contributed by atoms with Crippen molar-refractivity contribution in [1.29, 1.82) is 0 Å². The van der Waals surface area contributed by atoms with Gasteiger partial charge in [-0.05, 0) is 51.4 Å². The summed E-state index contributed by atoms with van der Waals surface area (Å²) >= 11 is 0. The van der Waals surface area contributed by atoms with Gasteiger partial charge in [-0.15, -0.1) is 0 Å². The first-order valence-corrected chi connectivity index (χ1v) is 12.4. The average molecular weight is 470 g/mol. The second-order valence-corrected chi connectivity index (χ2v) is 7.85. The van der Waals surface area contributed by atoms with Crippen molar-refractivity contribution < 1.29 is 19.1 Å². The van der Waals surface area contributed by atoms with Gasteiger partial charge in [0.25, 0.3) is 0 Å². The second-order valence-electron chi connectivity index (χ2n) is 7.85. The van der Waals surface area contributed by atoms with Crippen molar-refractivity contribution in [3.63, 3.8) is 0 Å². The third-order valence-corrected chi connectivity index (χ3v) is 4.66. The van der Waals surface area contributed by atoms with Gasteiger partial charge in [0.2, 0.25) is 0 Å². The van der Waals surface area contributed by atoms with Gasteiger partial charge in [-0.3, -0.25) is 9.59 Å². The number of esters is 2. The van der Waals surface area contributed by atoms with E-state index in [1.165, 1.54) is 0 Å². The summed E-state index contributed by atoms with van der Waals surface area (Å²) in [4.78, 5) is 35.0. The van der Waals surface area contributed by atoms with Gasteiger partial charge in [-0.1, -0.05) is 86.8 Å². The molecule has 0 radical (unpaired) electrons. The molecule has 1 atom stereocenters. The molecule has 0 aromatic carbocycles. The molecule has 0 aliphatic heterocycles. The third kappa shape index (κ3) is 21.1. The predicted molar refractivity (Wildman–Crippen MR) is 141 cm³/mol. The number of carbonyl (C=O) groups is 3. The molecule has 188 valence electrons. The zero-order valence-corrected chi connectivity index (χ0v) is 21.0. The van der Waals surface area contributed by atoms with E-state index in [2.05, 4.69) is 61.6 Å². The van der Waals surface area contributed by atoms with Crippen LogP contribution in [0.4, 0.5) is 0 Å². The minimum absolute atomic E-state index is 0.0118. The molecular formula is C29H43NO4. The van der Waals surface area contributed by atoms with Gasteiger partial charge in [-0.25, -0.2) is 4.79 Å². The Morgan fingerprint density at radius 2 is 1.12 bits per heavy atom. The highest BCUT2D eigenvalue weighted by molar-refractivity contribution is 5.89. The van der Waals surface area contributed by atoms with Crippen molar-refractivity contribution in [3.05, 3.63) is 72.9 Å². The maximum absolute atomic E-state index is 11.8. The van der Waals surface area contributed by atoms with Gasteiger partial charge in [0.05, 0.1) is 6.42 Å². The molecule has 0 aliphatic carbocycles. The van der Waals surface area contributed by atoms with Crippen molar-refractivity contribution >= 4 is 17.7 Å². The quantitative estimate of drug-likeness (QED) is 0.130. The van der Waals surface area contributed by atoms with Crippen LogP contribution >= 0.6 is 0 Å². The van der Waals surface area contributed by atoms with Crippen LogP contribution in [-0.2, 0) is 19.1 Å². The summed E-state index contributed by atoms with van der Waals surface area (Å²) in [6, 6.07) is -0.949. The molecule has 0 rings (SSSR count). The Balaban J connectivity index is 3.84. The molecule has 0 aromatic rings. The second kappa shape index (κ2) is 23.4. The lowest BCUT2D eigenvalue weighted by atomic mass is 10.1. The van der Waals surface area contributed by atoms with Gasteiger partial charge in [0.1, 0.15) is 11.8 Å². The van der Waals surface area contributed by atoms with Gasteiger partial charge in [-0.2, -0.15) is 0 Å². The summed E-state index contributed by atoms with van der Waals surface area (Å²) in [6.45, 7) is 4.05. The fourth-order valence-electron chi connectivity index (χ4n) is 2.77. The molecule has 5 heteroatoms. The Kier molecular flexibility index (Phi) is 21.5. The standard InChI is InChI=1S/C29H43NO4/c1-3-5-6-7-8-9-10-11-12-13-14-15-16-17-18-19-20-21-23-28(32)34-29(33)27(30)25-24-26(31)22-4-2/h5-6,8-9,11-12,14-15,17-18,20-21,27H,3-4,7,10,13,16,19,22-25,30H2,1-2H3/b6-5-,9-8-,12-11-,15-14-,18-17-,21-20-. The number of Topliss-reactive ketones (excluding diaryl/α,β-unsaturated/α-hetero) is 1. The molecule has 0 saturated heterocycles. The van der Waals surface area contributed by atoms with E-state index in [-0.39, 0.29) is 25.0 Å². The van der Waals surface area contributed by atoms with Gasteiger partial charge in [0.15, 0.2) is 0 Å². The molecule has 5 nitrogen and oxygen atoms in total. The first-order valence-electron chi connectivity index (χ1n) is 12.4. The van der Waals surface area contributed by atoms with E-state index < -0.39 is 18.0 Å². The predicted octanol–water partition coefficient (Wildman–Crippen LogP) is 6.62. The van der Waals surface area contributed by atoms with Crippen LogP contribution in [0.2, 0.25) is 0 Å². The average Bonchev–Trinajstić information content (AvgIpc) is 2.81. The Labute approximate surface area is 206 Å². The van der Waals surface area contributed by atoms with Crippen molar-refractivity contribution in [2.24, 2.45) is 5.73 Å². The van der Waals surface area contributed by atoms with E-state index in [1.54, 1.807) is 6.08 Å². The van der Waals surface area contributed by atoms with Crippen molar-refractivity contribution in [1.82, 2.24) is 0 Å². The monoisotopic (exact) mass is 469 g/mol. The molecule has 0 aromatic heterocycles. The molecular weight excluding hydrogens is 426 g/mol. The Morgan fingerprint density at radius 1 is 0.676 bits per heavy atom. The molecule has 0 aliphatic rings. The molecule has 0 amide bonds. The van der Waals surface area contributed by atoms with E-state index >= 15 is 0 Å². The van der Waals surface area contributed by atoms with E-state index in [4.69, 9.17) is 10.5 Å². The molecule has 34 heavy (non-hydrogen) atoms. The first kappa shape index (κ1) is 31.2. The van der Waals surface area contributed by atoms with E-state index in [9.17, 15) is 14.4 Å². The number of carbonyl (C=O) groups excluding carboxylic acids is 3. The Bertz CT molecular complexity index is 741. The summed E-state index contributed by atoms with van der Waals surface area (Å²) in [6.07, 6.45) is 32.2. The molecule has 0 fully saturated rings. The molecule has 0 bridgehead atoms. The topological polar surface area (TPSA) is 86.5 Å². The number of nitrogens with two attached hydrogens (primary N) is 1. The highest BCUT2D eigenvalue weighted by Gasteiger charge is 2.19. The summed E-state index contributed by atoms with van der Waals surface area (Å²) in [5.74, 6) is -1.35. The molecule has 0 saturated carbocycles. The summed E-state index contributed by atoms with van der Waals surface area (Å²) in [5.41, 5.74) is 5.69. The lowest BCUT2D eigenvalue weighted by Gasteiger charge is -2.09.